The molecule has 8 heavy (non-hydrogen) atoms. The molecule has 0 heterocycles. The molecule has 0 nitrogen and oxygen atoms in total. The lowest BCUT2D eigenvalue weighted by atomic mass is 9.68. The molecule has 0 atom stereocenters. The van der Waals surface area contributed by atoms with E-state index < -0.39 is 11.1 Å². The van der Waals surface area contributed by atoms with E-state index in [1.807, 2.05) is 0 Å². The van der Waals surface area contributed by atoms with Gasteiger partial charge in [0.25, 0.3) is 0 Å². The van der Waals surface area contributed by atoms with Gasteiger partial charge in [0.05, 0.1) is 0 Å². The first kappa shape index (κ1) is 9.29. The van der Waals surface area contributed by atoms with Crippen LogP contribution in [0.1, 0.15) is 6.92 Å². The quantitative estimate of drug-likeness (QED) is 0.589. The van der Waals surface area contributed by atoms with Crippen molar-refractivity contribution >= 4 is 56.9 Å². The van der Waals surface area contributed by atoms with E-state index in [-0.39, 0.29) is 5.72 Å². The second-order valence-electron chi connectivity index (χ2n) is 1.53. The van der Waals surface area contributed by atoms with Gasteiger partial charge >= 0.3 is 11.1 Å². The monoisotopic (exact) mass is 190 g/mol. The van der Waals surface area contributed by atoms with Gasteiger partial charge in [-0.05, 0) is 5.72 Å². The van der Waals surface area contributed by atoms with Crippen LogP contribution in [0, 0.1) is 0 Å². The lowest BCUT2D eigenvalue weighted by Crippen LogP contribution is -2.13. The SMILES string of the molecule is CC(B(Cl)Cl)B(Cl)Cl. The van der Waals surface area contributed by atoms with Crippen molar-refractivity contribution < 1.29 is 0 Å². The van der Waals surface area contributed by atoms with Crippen molar-refractivity contribution in [3.63, 3.8) is 0 Å². The Kier molecular flexibility index (Phi) is 4.83. The predicted octanol–water partition coefficient (Wildman–Crippen LogP) is 2.85. The van der Waals surface area contributed by atoms with Crippen LogP contribution in [0.5, 0.6) is 0 Å². The summed E-state index contributed by atoms with van der Waals surface area (Å²) in [7, 11) is 0. The van der Waals surface area contributed by atoms with E-state index in [9.17, 15) is 0 Å². The standard InChI is InChI=1S/C2H4B2Cl4/c1-2(3(5)6)4(7)8/h2H,1H3. The topological polar surface area (TPSA) is 0 Å². The largest absolute Gasteiger partial charge is 0.349 e. The average molecular weight is 191 g/mol. The summed E-state index contributed by atoms with van der Waals surface area (Å²) in [5, 5.41) is 0. The van der Waals surface area contributed by atoms with Crippen molar-refractivity contribution in [2.75, 3.05) is 0 Å². The van der Waals surface area contributed by atoms with Crippen molar-refractivity contribution in [2.45, 2.75) is 12.6 Å². The van der Waals surface area contributed by atoms with Crippen LogP contribution in [0.3, 0.4) is 0 Å². The Morgan fingerprint density at radius 1 is 1.00 bits per heavy atom. The van der Waals surface area contributed by atoms with Gasteiger partial charge in [0.1, 0.15) is 0 Å². The molecular formula is C2H4B2Cl4. The van der Waals surface area contributed by atoms with Crippen LogP contribution in [0.4, 0.5) is 0 Å². The summed E-state index contributed by atoms with van der Waals surface area (Å²) < 4.78 is 0. The van der Waals surface area contributed by atoms with E-state index in [0.29, 0.717) is 0 Å². The van der Waals surface area contributed by atoms with E-state index >= 15 is 0 Å². The Labute approximate surface area is 69.6 Å². The molecule has 0 N–H and O–H groups in total. The Morgan fingerprint density at radius 3 is 1.25 bits per heavy atom. The van der Waals surface area contributed by atoms with Gasteiger partial charge < -0.3 is 0 Å². The fraction of sp³-hybridized carbons (Fsp3) is 1.00. The highest BCUT2D eigenvalue weighted by atomic mass is 35.5. The number of rotatable bonds is 2. The maximum Gasteiger partial charge on any atom is 0.349 e. The van der Waals surface area contributed by atoms with Crippen molar-refractivity contribution in [1.29, 1.82) is 0 Å². The Balaban J connectivity index is 3.46. The van der Waals surface area contributed by atoms with Gasteiger partial charge in [-0.1, -0.05) is 6.92 Å². The van der Waals surface area contributed by atoms with E-state index in [4.69, 9.17) is 45.8 Å². The highest BCUT2D eigenvalue weighted by molar-refractivity contribution is 7.45. The molecule has 0 aliphatic carbocycles. The van der Waals surface area contributed by atoms with Gasteiger partial charge in [-0.25, -0.2) is 0 Å². The number of hydrogen-bond donors (Lipinski definition) is 0. The van der Waals surface area contributed by atoms with Gasteiger partial charge in [0.15, 0.2) is 0 Å². The Morgan fingerprint density at radius 2 is 1.25 bits per heavy atom. The van der Waals surface area contributed by atoms with Crippen molar-refractivity contribution in [2.24, 2.45) is 0 Å². The van der Waals surface area contributed by atoms with Gasteiger partial charge in [0, 0.05) is 0 Å². The first-order chi connectivity index (χ1) is 3.55. The zero-order valence-electron chi connectivity index (χ0n) is 4.24. The molecule has 46 valence electrons. The van der Waals surface area contributed by atoms with Gasteiger partial charge in [-0.2, -0.15) is 45.8 Å². The van der Waals surface area contributed by atoms with Crippen LogP contribution >= 0.6 is 45.8 Å². The first-order valence-electron chi connectivity index (χ1n) is 2.12. The molecule has 0 amide bonds. The molecule has 0 saturated heterocycles. The highest BCUT2D eigenvalue weighted by Gasteiger charge is 2.26. The van der Waals surface area contributed by atoms with Crippen LogP contribution < -0.4 is 0 Å². The maximum atomic E-state index is 5.42. The fourth-order valence-corrected chi connectivity index (χ4v) is 0.990. The number of hydrogen-bond acceptors (Lipinski definition) is 0. The highest BCUT2D eigenvalue weighted by Crippen LogP contribution is 2.23. The molecule has 0 saturated carbocycles. The maximum absolute atomic E-state index is 5.42. The van der Waals surface area contributed by atoms with Crippen LogP contribution in [-0.4, -0.2) is 11.1 Å². The van der Waals surface area contributed by atoms with E-state index in [1.54, 1.807) is 6.92 Å². The lowest BCUT2D eigenvalue weighted by Gasteiger charge is -2.04. The molecule has 0 aliphatic rings. The first-order valence-corrected chi connectivity index (χ1v) is 3.86. The minimum absolute atomic E-state index is 0.0679. The van der Waals surface area contributed by atoms with E-state index in [1.165, 1.54) is 0 Å². The summed E-state index contributed by atoms with van der Waals surface area (Å²) in [6.07, 6.45) is 0. The van der Waals surface area contributed by atoms with E-state index in [2.05, 4.69) is 0 Å². The average Bonchev–Trinajstić information content (AvgIpc) is 1.64. The second-order valence-corrected chi connectivity index (χ2v) is 3.86. The molecule has 0 radical (unpaired) electrons. The molecule has 0 aromatic heterocycles. The smallest absolute Gasteiger partial charge is 0.172 e. The third-order valence-electron chi connectivity index (χ3n) is 0.795. The van der Waals surface area contributed by atoms with Crippen molar-refractivity contribution in [3.8, 4) is 0 Å². The molecule has 0 aromatic rings. The van der Waals surface area contributed by atoms with Crippen LogP contribution in [0.25, 0.3) is 0 Å². The number of halogens is 4. The predicted molar refractivity (Wildman–Crippen MR) is 44.3 cm³/mol. The molecule has 0 rings (SSSR count). The molecule has 0 aromatic carbocycles. The van der Waals surface area contributed by atoms with Crippen molar-refractivity contribution in [1.82, 2.24) is 0 Å². The zero-order chi connectivity index (χ0) is 6.73. The Hall–Kier alpha value is 1.29. The minimum atomic E-state index is -0.477. The summed E-state index contributed by atoms with van der Waals surface area (Å²) in [6, 6.07) is 0. The minimum Gasteiger partial charge on any atom is -0.172 e. The van der Waals surface area contributed by atoms with Gasteiger partial charge in [-0.3, -0.25) is 0 Å². The van der Waals surface area contributed by atoms with Gasteiger partial charge in [-0.15, -0.1) is 0 Å². The molecule has 0 spiro atoms. The fourth-order valence-electron chi connectivity index (χ4n) is 0.110. The summed E-state index contributed by atoms with van der Waals surface area (Å²) in [4.78, 5) is 0. The molecular weight excluding hydrogens is 187 g/mol. The third-order valence-corrected chi connectivity index (χ3v) is 2.38. The summed E-state index contributed by atoms with van der Waals surface area (Å²) >= 11 is 21.7. The Bertz CT molecular complexity index is 57.1. The van der Waals surface area contributed by atoms with Crippen LogP contribution in [0.2, 0.25) is 5.72 Å². The van der Waals surface area contributed by atoms with Crippen LogP contribution in [0.15, 0.2) is 0 Å². The molecule has 6 heteroatoms. The second kappa shape index (κ2) is 4.16. The molecule has 0 unspecified atom stereocenters. The van der Waals surface area contributed by atoms with Crippen LogP contribution in [-0.2, 0) is 0 Å². The summed E-state index contributed by atoms with van der Waals surface area (Å²) in [5.41, 5.74) is -1.02. The van der Waals surface area contributed by atoms with Gasteiger partial charge in [0.2, 0.25) is 0 Å². The zero-order valence-corrected chi connectivity index (χ0v) is 7.27. The van der Waals surface area contributed by atoms with Crippen molar-refractivity contribution in [3.05, 3.63) is 0 Å². The molecule has 0 aliphatic heterocycles. The summed E-state index contributed by atoms with van der Waals surface area (Å²) in [5.74, 6) is 0. The normalized spacial score (nSPS) is 9.75. The third kappa shape index (κ3) is 3.34. The lowest BCUT2D eigenvalue weighted by molar-refractivity contribution is 1.33. The van der Waals surface area contributed by atoms with E-state index in [0.717, 1.165) is 0 Å². The molecule has 0 fully saturated rings. The molecule has 0 bridgehead atoms. The summed E-state index contributed by atoms with van der Waals surface area (Å²) in [6.45, 7) is 1.79.